The van der Waals surface area contributed by atoms with Gasteiger partial charge in [0.1, 0.15) is 11.5 Å². The number of sulfonamides is 1. The first kappa shape index (κ1) is 24.7. The SMILES string of the molecule is CC[C@H]1CCCCN1S(=O)(=O)c1ccc(C(=O)Nc2nnc(-c3cc(OC)cc(OC)c3)o2)cc1. The molecule has 1 atom stereocenters. The van der Waals surface area contributed by atoms with Gasteiger partial charge in [-0.15, -0.1) is 5.10 Å². The van der Waals surface area contributed by atoms with E-state index in [2.05, 4.69) is 15.5 Å². The molecule has 0 saturated carbocycles. The van der Waals surface area contributed by atoms with E-state index in [0.717, 1.165) is 25.7 Å². The van der Waals surface area contributed by atoms with Gasteiger partial charge in [0.25, 0.3) is 5.91 Å². The van der Waals surface area contributed by atoms with Crippen LogP contribution in [-0.4, -0.2) is 55.6 Å². The lowest BCUT2D eigenvalue weighted by Crippen LogP contribution is -2.43. The monoisotopic (exact) mass is 500 g/mol. The first-order valence-corrected chi connectivity index (χ1v) is 12.8. The number of anilines is 1. The molecule has 1 amide bonds. The van der Waals surface area contributed by atoms with Crippen LogP contribution in [0.4, 0.5) is 6.01 Å². The summed E-state index contributed by atoms with van der Waals surface area (Å²) in [6.07, 6.45) is 3.52. The first-order valence-electron chi connectivity index (χ1n) is 11.4. The molecule has 0 aliphatic carbocycles. The average molecular weight is 501 g/mol. The Bertz CT molecular complexity index is 1270. The van der Waals surface area contributed by atoms with Gasteiger partial charge in [-0.3, -0.25) is 10.1 Å². The van der Waals surface area contributed by atoms with Crippen LogP contribution in [0, 0.1) is 0 Å². The molecule has 1 fully saturated rings. The van der Waals surface area contributed by atoms with E-state index in [1.807, 2.05) is 6.92 Å². The maximum atomic E-state index is 13.1. The van der Waals surface area contributed by atoms with Crippen molar-refractivity contribution in [3.05, 3.63) is 48.0 Å². The molecule has 35 heavy (non-hydrogen) atoms. The van der Waals surface area contributed by atoms with E-state index < -0.39 is 15.9 Å². The second-order valence-corrected chi connectivity index (χ2v) is 10.1. The maximum Gasteiger partial charge on any atom is 0.322 e. The largest absolute Gasteiger partial charge is 0.497 e. The van der Waals surface area contributed by atoms with Crippen LogP contribution in [0.1, 0.15) is 43.0 Å². The van der Waals surface area contributed by atoms with Gasteiger partial charge in [0.15, 0.2) is 0 Å². The molecule has 0 unspecified atom stereocenters. The van der Waals surface area contributed by atoms with E-state index in [1.54, 1.807) is 22.5 Å². The number of nitrogens with one attached hydrogen (secondary N) is 1. The van der Waals surface area contributed by atoms with Crippen LogP contribution in [-0.2, 0) is 10.0 Å². The van der Waals surface area contributed by atoms with Crippen molar-refractivity contribution in [3.8, 4) is 23.0 Å². The quantitative estimate of drug-likeness (QED) is 0.493. The van der Waals surface area contributed by atoms with Crippen LogP contribution >= 0.6 is 0 Å². The Labute approximate surface area is 204 Å². The molecule has 1 saturated heterocycles. The Morgan fingerprint density at radius 2 is 1.77 bits per heavy atom. The van der Waals surface area contributed by atoms with E-state index >= 15 is 0 Å². The molecule has 1 aliphatic heterocycles. The highest BCUT2D eigenvalue weighted by Gasteiger charge is 2.32. The topological polar surface area (TPSA) is 124 Å². The lowest BCUT2D eigenvalue weighted by molar-refractivity contribution is 0.102. The second kappa shape index (κ2) is 10.4. The predicted molar refractivity (Wildman–Crippen MR) is 129 cm³/mol. The maximum absolute atomic E-state index is 13.1. The standard InChI is InChI=1S/C24H28N4O6S/c1-4-18-7-5-6-12-28(18)35(30,31)21-10-8-16(9-11-21)22(29)25-24-27-26-23(34-24)17-13-19(32-2)15-20(14-17)33-3/h8-11,13-15,18H,4-7,12H2,1-3H3,(H,25,27,29)/t18-/m0/s1. The highest BCUT2D eigenvalue weighted by Crippen LogP contribution is 2.30. The van der Waals surface area contributed by atoms with Gasteiger partial charge in [-0.1, -0.05) is 18.4 Å². The number of hydrogen-bond acceptors (Lipinski definition) is 8. The molecule has 1 aromatic heterocycles. The molecule has 0 spiro atoms. The van der Waals surface area contributed by atoms with Crippen LogP contribution in [0.3, 0.4) is 0 Å². The first-order chi connectivity index (χ1) is 16.8. The fraction of sp³-hybridized carbons (Fsp3) is 0.375. The van der Waals surface area contributed by atoms with E-state index in [1.165, 1.54) is 38.5 Å². The predicted octanol–water partition coefficient (Wildman–Crippen LogP) is 3.96. The number of nitrogens with zero attached hydrogens (tertiary/aromatic N) is 3. The lowest BCUT2D eigenvalue weighted by Gasteiger charge is -2.34. The van der Waals surface area contributed by atoms with E-state index in [4.69, 9.17) is 13.9 Å². The van der Waals surface area contributed by atoms with E-state index in [9.17, 15) is 13.2 Å². The number of benzene rings is 2. The van der Waals surface area contributed by atoms with Crippen LogP contribution < -0.4 is 14.8 Å². The smallest absolute Gasteiger partial charge is 0.322 e. The number of carbonyl (C=O) groups is 1. The van der Waals surface area contributed by atoms with Gasteiger partial charge < -0.3 is 13.9 Å². The summed E-state index contributed by atoms with van der Waals surface area (Å²) in [7, 11) is -0.561. The summed E-state index contributed by atoms with van der Waals surface area (Å²) in [4.78, 5) is 12.9. The van der Waals surface area contributed by atoms with E-state index in [0.29, 0.717) is 23.6 Å². The Balaban J connectivity index is 1.47. The molecule has 1 N–H and O–H groups in total. The third-order valence-electron chi connectivity index (χ3n) is 6.01. The Morgan fingerprint density at radius 3 is 2.40 bits per heavy atom. The van der Waals surface area contributed by atoms with E-state index in [-0.39, 0.29) is 28.4 Å². The number of methoxy groups -OCH3 is 2. The van der Waals surface area contributed by atoms with Gasteiger partial charge in [-0.25, -0.2) is 8.42 Å². The van der Waals surface area contributed by atoms with Crippen molar-refractivity contribution in [2.75, 3.05) is 26.1 Å². The highest BCUT2D eigenvalue weighted by molar-refractivity contribution is 7.89. The van der Waals surface area contributed by atoms with Crippen molar-refractivity contribution < 1.29 is 27.1 Å². The number of carbonyl (C=O) groups excluding carboxylic acids is 1. The summed E-state index contributed by atoms with van der Waals surface area (Å²) in [5.74, 6) is 0.767. The highest BCUT2D eigenvalue weighted by atomic mass is 32.2. The molecule has 0 radical (unpaired) electrons. The number of aromatic nitrogens is 2. The molecular formula is C24H28N4O6S. The van der Waals surface area contributed by atoms with Crippen LogP contribution in [0.5, 0.6) is 11.5 Å². The van der Waals surface area contributed by atoms with Crippen molar-refractivity contribution in [2.24, 2.45) is 0 Å². The third kappa shape index (κ3) is 5.30. The summed E-state index contributed by atoms with van der Waals surface area (Å²) in [6.45, 7) is 2.52. The molecule has 1 aliphatic rings. The molecule has 2 aromatic carbocycles. The molecule has 4 rings (SSSR count). The Morgan fingerprint density at radius 1 is 1.09 bits per heavy atom. The molecule has 11 heteroatoms. The lowest BCUT2D eigenvalue weighted by atomic mass is 10.0. The minimum Gasteiger partial charge on any atom is -0.497 e. The summed E-state index contributed by atoms with van der Waals surface area (Å²) in [5, 5.41) is 10.4. The summed E-state index contributed by atoms with van der Waals surface area (Å²) in [5.41, 5.74) is 0.823. The summed E-state index contributed by atoms with van der Waals surface area (Å²) in [6, 6.07) is 10.9. The zero-order valence-electron chi connectivity index (χ0n) is 19.9. The van der Waals surface area contributed by atoms with Gasteiger partial charge in [-0.2, -0.15) is 4.31 Å². The number of amides is 1. The molecule has 186 valence electrons. The second-order valence-electron chi connectivity index (χ2n) is 8.17. The zero-order chi connectivity index (χ0) is 25.0. The number of ether oxygens (including phenoxy) is 2. The minimum atomic E-state index is -3.62. The molecule has 0 bridgehead atoms. The Hall–Kier alpha value is -3.44. The average Bonchev–Trinajstić information content (AvgIpc) is 3.36. The molecule has 10 nitrogen and oxygen atoms in total. The minimum absolute atomic E-state index is 0.00741. The van der Waals surface area contributed by atoms with Crippen LogP contribution in [0.25, 0.3) is 11.5 Å². The van der Waals surface area contributed by atoms with Gasteiger partial charge in [0.05, 0.1) is 19.1 Å². The molecule has 3 aromatic rings. The van der Waals surface area contributed by atoms with Gasteiger partial charge in [0.2, 0.25) is 15.9 Å². The van der Waals surface area contributed by atoms with Crippen molar-refractivity contribution in [1.82, 2.24) is 14.5 Å². The van der Waals surface area contributed by atoms with Crippen LogP contribution in [0.2, 0.25) is 0 Å². The van der Waals surface area contributed by atoms with Crippen LogP contribution in [0.15, 0.2) is 51.8 Å². The fourth-order valence-corrected chi connectivity index (χ4v) is 5.87. The number of rotatable bonds is 8. The van der Waals surface area contributed by atoms with Crippen molar-refractivity contribution in [1.29, 1.82) is 0 Å². The Kier molecular flexibility index (Phi) is 7.37. The number of hydrogen-bond donors (Lipinski definition) is 1. The molecule has 2 heterocycles. The summed E-state index contributed by atoms with van der Waals surface area (Å²) >= 11 is 0. The van der Waals surface area contributed by atoms with Crippen molar-refractivity contribution in [3.63, 3.8) is 0 Å². The van der Waals surface area contributed by atoms with Gasteiger partial charge in [0, 0.05) is 29.8 Å². The van der Waals surface area contributed by atoms with Gasteiger partial charge in [-0.05, 0) is 55.7 Å². The fourth-order valence-electron chi connectivity index (χ4n) is 4.10. The van der Waals surface area contributed by atoms with Gasteiger partial charge >= 0.3 is 6.01 Å². The third-order valence-corrected chi connectivity index (χ3v) is 7.98. The zero-order valence-corrected chi connectivity index (χ0v) is 20.7. The summed E-state index contributed by atoms with van der Waals surface area (Å²) < 4.78 is 43.9. The normalized spacial score (nSPS) is 16.6. The van der Waals surface area contributed by atoms with Crippen molar-refractivity contribution >= 4 is 21.9 Å². The number of piperidine rings is 1. The molecular weight excluding hydrogens is 472 g/mol. The van der Waals surface area contributed by atoms with Crippen molar-refractivity contribution in [2.45, 2.75) is 43.5 Å².